The number of hydrogen-bond donors (Lipinski definition) is 0. The van der Waals surface area contributed by atoms with E-state index in [9.17, 15) is 0 Å². The van der Waals surface area contributed by atoms with Gasteiger partial charge in [-0.1, -0.05) is 133 Å². The predicted molar refractivity (Wildman–Crippen MR) is 205 cm³/mol. The van der Waals surface area contributed by atoms with E-state index >= 15 is 0 Å². The van der Waals surface area contributed by atoms with E-state index in [2.05, 4.69) is 151 Å². The zero-order valence-electron chi connectivity index (χ0n) is 26.5. The van der Waals surface area contributed by atoms with Gasteiger partial charge in [-0.25, -0.2) is 4.98 Å². The van der Waals surface area contributed by atoms with Gasteiger partial charge in [0.2, 0.25) is 5.89 Å². The fraction of sp³-hybridized carbons (Fsp3) is 0. The molecule has 0 amide bonds. The van der Waals surface area contributed by atoms with Gasteiger partial charge in [0.25, 0.3) is 0 Å². The third-order valence-corrected chi connectivity index (χ3v) is 15.7. The largest absolute Gasteiger partial charge is 0.436 e. The molecule has 228 valence electrons. The fourth-order valence-electron chi connectivity index (χ4n) is 8.82. The smallest absolute Gasteiger partial charge is 0.227 e. The van der Waals surface area contributed by atoms with Gasteiger partial charge in [-0.3, -0.25) is 0 Å². The second-order valence-corrected chi connectivity index (χ2v) is 16.6. The minimum absolute atomic E-state index is 0.677. The molecule has 4 heterocycles. The van der Waals surface area contributed by atoms with Crippen molar-refractivity contribution in [3.8, 4) is 33.7 Å². The molecular weight excluding hydrogens is 613 g/mol. The lowest BCUT2D eigenvalue weighted by Crippen LogP contribution is -2.71. The van der Waals surface area contributed by atoms with Crippen molar-refractivity contribution in [2.24, 2.45) is 0 Å². The van der Waals surface area contributed by atoms with E-state index in [1.165, 1.54) is 71.2 Å². The lowest BCUT2D eigenvalue weighted by molar-refractivity contribution is 0.620. The quantitative estimate of drug-likeness (QED) is 0.177. The predicted octanol–water partition coefficient (Wildman–Crippen LogP) is 8.79. The lowest BCUT2D eigenvalue weighted by Gasteiger charge is -2.35. The lowest BCUT2D eigenvalue weighted by atomic mass is 10.0. The molecule has 0 N–H and O–H groups in total. The summed E-state index contributed by atoms with van der Waals surface area (Å²) in [5.74, 6) is 0.677. The molecule has 49 heavy (non-hydrogen) atoms. The summed E-state index contributed by atoms with van der Waals surface area (Å²) in [5.41, 5.74) is 13.9. The SMILES string of the molecule is C1=Cc2ccccc2N(c2cccc3c2[Si]2(c4ccccc4-c4cccc(-c5nc6ccccc6o5)c42)c2ccccc2-3)c2ccccc21. The van der Waals surface area contributed by atoms with Crippen LogP contribution in [0.25, 0.3) is 57.0 Å². The summed E-state index contributed by atoms with van der Waals surface area (Å²) in [4.78, 5) is 7.63. The highest BCUT2D eigenvalue weighted by molar-refractivity contribution is 7.25. The van der Waals surface area contributed by atoms with Crippen molar-refractivity contribution in [1.29, 1.82) is 0 Å². The van der Waals surface area contributed by atoms with E-state index in [-0.39, 0.29) is 0 Å². The molecule has 4 heteroatoms. The Hall–Kier alpha value is -6.23. The number of benzene rings is 7. The standard InChI is InChI=1S/C45H28N2OSi/c1-6-21-37-29(13-1)27-28-30-14-2-7-22-38(30)47(37)39-23-12-18-34-32-16-4-10-26-42(32)49(44(34)39)41-25-9-3-15-31(41)33-17-11-19-35(43(33)49)45-46-36-20-5-8-24-40(36)48-45/h1-28H. The summed E-state index contributed by atoms with van der Waals surface area (Å²) in [6.45, 7) is 0. The van der Waals surface area contributed by atoms with E-state index in [4.69, 9.17) is 9.40 Å². The summed E-state index contributed by atoms with van der Waals surface area (Å²) >= 11 is 0. The van der Waals surface area contributed by atoms with Gasteiger partial charge in [-0.05, 0) is 90.5 Å². The average Bonchev–Trinajstić information content (AvgIpc) is 3.78. The molecule has 0 radical (unpaired) electrons. The highest BCUT2D eigenvalue weighted by Gasteiger charge is 2.57. The molecule has 7 aromatic carbocycles. The first-order chi connectivity index (χ1) is 24.3. The Morgan fingerprint density at radius 2 is 0.939 bits per heavy atom. The van der Waals surface area contributed by atoms with E-state index in [1.54, 1.807) is 0 Å². The van der Waals surface area contributed by atoms with Gasteiger partial charge in [-0.15, -0.1) is 0 Å². The third-order valence-electron chi connectivity index (χ3n) is 10.7. The summed E-state index contributed by atoms with van der Waals surface area (Å²) in [6.07, 6.45) is 4.51. The van der Waals surface area contributed by atoms with Crippen LogP contribution in [0.5, 0.6) is 0 Å². The van der Waals surface area contributed by atoms with Crippen molar-refractivity contribution in [3.63, 3.8) is 0 Å². The third kappa shape index (κ3) is 3.48. The minimum Gasteiger partial charge on any atom is -0.436 e. The van der Waals surface area contributed by atoms with E-state index < -0.39 is 8.07 Å². The molecule has 1 spiro atoms. The topological polar surface area (TPSA) is 29.3 Å². The number of para-hydroxylation sites is 4. The maximum atomic E-state index is 6.61. The molecule has 0 aliphatic carbocycles. The van der Waals surface area contributed by atoms with E-state index in [1.807, 2.05) is 24.3 Å². The van der Waals surface area contributed by atoms with Crippen LogP contribution >= 0.6 is 0 Å². The fourth-order valence-corrected chi connectivity index (χ4v) is 14.8. The van der Waals surface area contributed by atoms with Gasteiger partial charge >= 0.3 is 0 Å². The first kappa shape index (κ1) is 26.8. The Balaban J connectivity index is 1.31. The van der Waals surface area contributed by atoms with Crippen LogP contribution in [-0.2, 0) is 0 Å². The molecule has 3 aliphatic rings. The molecule has 1 aromatic heterocycles. The van der Waals surface area contributed by atoms with Crippen LogP contribution in [0.1, 0.15) is 11.1 Å². The van der Waals surface area contributed by atoms with Crippen LogP contribution in [0.4, 0.5) is 17.1 Å². The first-order valence-electron chi connectivity index (χ1n) is 16.8. The van der Waals surface area contributed by atoms with Crippen LogP contribution in [0.3, 0.4) is 0 Å². The molecule has 8 aromatic rings. The van der Waals surface area contributed by atoms with Crippen molar-refractivity contribution >= 4 is 69.1 Å². The molecule has 0 saturated carbocycles. The Kier molecular flexibility index (Phi) is 5.41. The first-order valence-corrected chi connectivity index (χ1v) is 18.8. The van der Waals surface area contributed by atoms with Crippen molar-refractivity contribution in [1.82, 2.24) is 4.98 Å². The molecular formula is C45H28N2OSi. The zero-order chi connectivity index (χ0) is 32.1. The van der Waals surface area contributed by atoms with Crippen molar-refractivity contribution in [3.05, 3.63) is 169 Å². The summed E-state index contributed by atoms with van der Waals surface area (Å²) in [5, 5.41) is 5.61. The Labute approximate surface area is 285 Å². The number of aromatic nitrogens is 1. The normalized spacial score (nSPS) is 16.1. The van der Waals surface area contributed by atoms with Gasteiger partial charge in [0.1, 0.15) is 5.52 Å². The average molecular weight is 641 g/mol. The summed E-state index contributed by atoms with van der Waals surface area (Å²) < 4.78 is 6.61. The number of oxazole rings is 1. The molecule has 1 atom stereocenters. The zero-order valence-corrected chi connectivity index (χ0v) is 27.5. The number of rotatable bonds is 2. The second-order valence-electron chi connectivity index (χ2n) is 13.0. The summed E-state index contributed by atoms with van der Waals surface area (Å²) in [6, 6.07) is 57.5. The van der Waals surface area contributed by atoms with Crippen molar-refractivity contribution in [2.45, 2.75) is 0 Å². The van der Waals surface area contributed by atoms with Gasteiger partial charge in [0.15, 0.2) is 13.7 Å². The highest BCUT2D eigenvalue weighted by Crippen LogP contribution is 2.46. The molecule has 0 fully saturated rings. The number of fused-ring (bicyclic) bond motifs is 13. The van der Waals surface area contributed by atoms with E-state index in [0.717, 1.165) is 16.7 Å². The van der Waals surface area contributed by atoms with Crippen LogP contribution < -0.4 is 25.6 Å². The number of nitrogens with zero attached hydrogens (tertiary/aromatic N) is 2. The van der Waals surface area contributed by atoms with Crippen molar-refractivity contribution < 1.29 is 4.42 Å². The Morgan fingerprint density at radius 3 is 1.63 bits per heavy atom. The van der Waals surface area contributed by atoms with Crippen LogP contribution in [0.2, 0.25) is 0 Å². The maximum absolute atomic E-state index is 6.61. The minimum atomic E-state index is -2.98. The van der Waals surface area contributed by atoms with Crippen molar-refractivity contribution in [2.75, 3.05) is 4.90 Å². The number of hydrogen-bond acceptors (Lipinski definition) is 3. The maximum Gasteiger partial charge on any atom is 0.227 e. The van der Waals surface area contributed by atoms with Gasteiger partial charge in [0.05, 0.1) is 11.4 Å². The number of anilines is 3. The van der Waals surface area contributed by atoms with Crippen LogP contribution in [0.15, 0.2) is 162 Å². The highest BCUT2D eigenvalue weighted by atomic mass is 28.3. The van der Waals surface area contributed by atoms with Crippen LogP contribution in [0, 0.1) is 0 Å². The molecule has 1 unspecified atom stereocenters. The van der Waals surface area contributed by atoms with Gasteiger partial charge in [0, 0.05) is 11.3 Å². The molecule has 11 rings (SSSR count). The van der Waals surface area contributed by atoms with E-state index in [0.29, 0.717) is 5.89 Å². The molecule has 3 aliphatic heterocycles. The Morgan fingerprint density at radius 1 is 0.429 bits per heavy atom. The molecule has 0 saturated heterocycles. The molecule has 3 nitrogen and oxygen atoms in total. The monoisotopic (exact) mass is 640 g/mol. The van der Waals surface area contributed by atoms with Gasteiger partial charge in [-0.2, -0.15) is 0 Å². The van der Waals surface area contributed by atoms with Crippen LogP contribution in [-0.4, -0.2) is 13.1 Å². The van der Waals surface area contributed by atoms with Gasteiger partial charge < -0.3 is 9.32 Å². The Bertz CT molecular complexity index is 2610. The second kappa shape index (κ2) is 9.89. The molecule has 0 bridgehead atoms. The summed E-state index contributed by atoms with van der Waals surface area (Å²) in [7, 11) is -2.98.